The molecule has 0 aliphatic rings. The molecule has 3 N–H and O–H groups in total. The van der Waals surface area contributed by atoms with E-state index in [9.17, 15) is 9.59 Å². The molecule has 1 aromatic carbocycles. The zero-order chi connectivity index (χ0) is 15.0. The van der Waals surface area contributed by atoms with E-state index in [0.717, 1.165) is 6.08 Å². The number of ether oxygens (including phenoxy) is 2. The van der Waals surface area contributed by atoms with Crippen LogP contribution >= 0.6 is 0 Å². The molecule has 1 amide bonds. The summed E-state index contributed by atoms with van der Waals surface area (Å²) >= 11 is 0. The molecule has 7 nitrogen and oxygen atoms in total. The summed E-state index contributed by atoms with van der Waals surface area (Å²) in [5.41, 5.74) is 0.204. The quantitative estimate of drug-likeness (QED) is 0.272. The number of nitrogens with one attached hydrogen (secondary N) is 1. The predicted molar refractivity (Wildman–Crippen MR) is 71.5 cm³/mol. The van der Waals surface area contributed by atoms with Gasteiger partial charge in [0.1, 0.15) is 12.4 Å². The minimum Gasteiger partial charge on any atom is -0.461 e. The minimum atomic E-state index is -1.64. The highest BCUT2D eigenvalue weighted by Gasteiger charge is 2.12. The summed E-state index contributed by atoms with van der Waals surface area (Å²) in [4.78, 5) is 22.1. The lowest BCUT2D eigenvalue weighted by atomic mass is 9.80. The van der Waals surface area contributed by atoms with Crippen molar-refractivity contribution in [3.63, 3.8) is 0 Å². The van der Waals surface area contributed by atoms with Crippen molar-refractivity contribution in [3.8, 4) is 5.75 Å². The van der Waals surface area contributed by atoms with Gasteiger partial charge in [-0.05, 0) is 17.6 Å². The van der Waals surface area contributed by atoms with Crippen LogP contribution in [0, 0.1) is 0 Å². The van der Waals surface area contributed by atoms with Crippen LogP contribution in [0.15, 0.2) is 36.9 Å². The lowest BCUT2D eigenvalue weighted by molar-refractivity contribution is -0.137. The van der Waals surface area contributed by atoms with E-state index >= 15 is 0 Å². The van der Waals surface area contributed by atoms with Gasteiger partial charge in [-0.3, -0.25) is 0 Å². The van der Waals surface area contributed by atoms with Crippen molar-refractivity contribution in [2.24, 2.45) is 0 Å². The van der Waals surface area contributed by atoms with E-state index in [4.69, 9.17) is 14.8 Å². The zero-order valence-electron chi connectivity index (χ0n) is 10.6. The smallest absolute Gasteiger partial charge is 0.461 e. The largest absolute Gasteiger partial charge is 0.488 e. The molecule has 1 aromatic rings. The monoisotopic (exact) mass is 279 g/mol. The van der Waals surface area contributed by atoms with Crippen LogP contribution in [0.25, 0.3) is 0 Å². The Morgan fingerprint density at radius 2 is 2.15 bits per heavy atom. The second kappa shape index (κ2) is 7.98. The van der Waals surface area contributed by atoms with Crippen molar-refractivity contribution in [3.05, 3.63) is 36.9 Å². The van der Waals surface area contributed by atoms with Gasteiger partial charge in [-0.1, -0.05) is 18.7 Å². The number of carbonyl (C=O) groups excluding carboxylic acids is 2. The lowest BCUT2D eigenvalue weighted by Crippen LogP contribution is -2.32. The van der Waals surface area contributed by atoms with E-state index in [2.05, 4.69) is 16.6 Å². The molecule has 20 heavy (non-hydrogen) atoms. The SMILES string of the molecule is C=CC(=O)OCCNC(=O)Oc1cccc(B(O)O)c1. The molecule has 0 spiro atoms. The van der Waals surface area contributed by atoms with Crippen LogP contribution in [0.5, 0.6) is 5.75 Å². The number of esters is 1. The molecule has 0 aromatic heterocycles. The Morgan fingerprint density at radius 3 is 2.80 bits per heavy atom. The van der Waals surface area contributed by atoms with Gasteiger partial charge in [0.15, 0.2) is 0 Å². The average molecular weight is 279 g/mol. The number of hydrogen-bond acceptors (Lipinski definition) is 6. The maximum absolute atomic E-state index is 11.4. The number of carbonyl (C=O) groups is 2. The molecule has 8 heteroatoms. The molecule has 0 radical (unpaired) electrons. The van der Waals surface area contributed by atoms with E-state index in [1.54, 1.807) is 0 Å². The van der Waals surface area contributed by atoms with Crippen molar-refractivity contribution in [2.45, 2.75) is 0 Å². The first-order valence-corrected chi connectivity index (χ1v) is 5.74. The van der Waals surface area contributed by atoms with Crippen LogP contribution in [0.4, 0.5) is 4.79 Å². The Morgan fingerprint density at radius 1 is 1.40 bits per heavy atom. The molecule has 0 atom stereocenters. The fourth-order valence-electron chi connectivity index (χ4n) is 1.25. The summed E-state index contributed by atoms with van der Waals surface area (Å²) in [5.74, 6) is -0.416. The van der Waals surface area contributed by atoms with Crippen LogP contribution < -0.4 is 15.5 Å². The third-order valence-corrected chi connectivity index (χ3v) is 2.15. The van der Waals surface area contributed by atoms with Gasteiger partial charge in [-0.25, -0.2) is 9.59 Å². The highest BCUT2D eigenvalue weighted by Crippen LogP contribution is 2.07. The highest BCUT2D eigenvalue weighted by molar-refractivity contribution is 6.58. The standard InChI is InChI=1S/C12H14BNO6/c1-2-11(15)19-7-6-14-12(16)20-10-5-3-4-9(8-10)13(17)18/h2-5,8,17-18H,1,6-7H2,(H,14,16). The molecule has 0 heterocycles. The Labute approximate surface area is 116 Å². The molecule has 106 valence electrons. The van der Waals surface area contributed by atoms with Gasteiger partial charge >= 0.3 is 19.2 Å². The minimum absolute atomic E-state index is 0.00462. The summed E-state index contributed by atoms with van der Waals surface area (Å²) in [5, 5.41) is 20.3. The molecule has 0 saturated carbocycles. The number of rotatable bonds is 6. The normalized spacial score (nSPS) is 9.50. The van der Waals surface area contributed by atoms with Crippen LogP contribution in [0.2, 0.25) is 0 Å². The molecule has 0 aliphatic heterocycles. The second-order valence-corrected chi connectivity index (χ2v) is 3.63. The van der Waals surface area contributed by atoms with E-state index in [1.807, 2.05) is 0 Å². The zero-order valence-corrected chi connectivity index (χ0v) is 10.6. The first-order valence-electron chi connectivity index (χ1n) is 5.74. The van der Waals surface area contributed by atoms with Crippen molar-refractivity contribution in [2.75, 3.05) is 13.2 Å². The topological polar surface area (TPSA) is 105 Å². The first-order chi connectivity index (χ1) is 9.52. The van der Waals surface area contributed by atoms with Gasteiger partial charge < -0.3 is 24.8 Å². The Bertz CT molecular complexity index is 491. The summed E-state index contributed by atoms with van der Waals surface area (Å²) < 4.78 is 9.55. The highest BCUT2D eigenvalue weighted by atomic mass is 16.6. The van der Waals surface area contributed by atoms with Crippen LogP contribution in [-0.4, -0.2) is 42.4 Å². The van der Waals surface area contributed by atoms with Gasteiger partial charge in [0.05, 0.1) is 6.54 Å². The first kappa shape index (κ1) is 15.7. The Balaban J connectivity index is 2.37. The van der Waals surface area contributed by atoms with Crippen LogP contribution in [0.1, 0.15) is 0 Å². The maximum Gasteiger partial charge on any atom is 0.488 e. The molecule has 0 aliphatic carbocycles. The van der Waals surface area contributed by atoms with Gasteiger partial charge in [-0.15, -0.1) is 0 Å². The van der Waals surface area contributed by atoms with Gasteiger partial charge in [-0.2, -0.15) is 0 Å². The van der Waals surface area contributed by atoms with Gasteiger partial charge in [0.2, 0.25) is 0 Å². The molecule has 0 unspecified atom stereocenters. The van der Waals surface area contributed by atoms with Gasteiger partial charge in [0.25, 0.3) is 0 Å². The van der Waals surface area contributed by atoms with Crippen LogP contribution in [0.3, 0.4) is 0 Å². The summed E-state index contributed by atoms with van der Waals surface area (Å²) in [6.07, 6.45) is 0.272. The third-order valence-electron chi connectivity index (χ3n) is 2.15. The Kier molecular flexibility index (Phi) is 6.28. The van der Waals surface area contributed by atoms with Crippen molar-refractivity contribution < 1.29 is 29.1 Å². The van der Waals surface area contributed by atoms with Crippen molar-refractivity contribution in [1.29, 1.82) is 0 Å². The van der Waals surface area contributed by atoms with Crippen LogP contribution in [-0.2, 0) is 9.53 Å². The fraction of sp³-hybridized carbons (Fsp3) is 0.167. The fourth-order valence-corrected chi connectivity index (χ4v) is 1.25. The number of benzene rings is 1. The second-order valence-electron chi connectivity index (χ2n) is 3.63. The van der Waals surface area contributed by atoms with Crippen molar-refractivity contribution in [1.82, 2.24) is 5.32 Å². The summed E-state index contributed by atoms with van der Waals surface area (Å²) in [7, 11) is -1.64. The number of hydrogen-bond donors (Lipinski definition) is 3. The Hall–Kier alpha value is -2.32. The van der Waals surface area contributed by atoms with Crippen molar-refractivity contribution >= 4 is 24.6 Å². The number of amides is 1. The van der Waals surface area contributed by atoms with E-state index < -0.39 is 19.2 Å². The molecular weight excluding hydrogens is 265 g/mol. The van der Waals surface area contributed by atoms with Gasteiger partial charge in [0, 0.05) is 6.08 Å². The molecule has 0 fully saturated rings. The van der Waals surface area contributed by atoms with E-state index in [1.165, 1.54) is 24.3 Å². The maximum atomic E-state index is 11.4. The third kappa shape index (κ3) is 5.55. The van der Waals surface area contributed by atoms with E-state index in [0.29, 0.717) is 0 Å². The van der Waals surface area contributed by atoms with E-state index in [-0.39, 0.29) is 24.4 Å². The average Bonchev–Trinajstić information content (AvgIpc) is 2.43. The molecular formula is C12H14BNO6. The summed E-state index contributed by atoms with van der Waals surface area (Å²) in [6, 6.07) is 5.80. The lowest BCUT2D eigenvalue weighted by Gasteiger charge is -2.08. The predicted octanol–water partition coefficient (Wildman–Crippen LogP) is -0.816. The summed E-state index contributed by atoms with van der Waals surface area (Å²) in [6.45, 7) is 3.30. The molecule has 1 rings (SSSR count). The molecule has 0 bridgehead atoms. The molecule has 0 saturated heterocycles.